The number of carboxylic acids is 2. The number of hydrogen-bond acceptors (Lipinski definition) is 2. The molecule has 2 rings (SSSR count). The average molecular weight is 284 g/mol. The van der Waals surface area contributed by atoms with Crippen LogP contribution in [0.2, 0.25) is 0 Å². The summed E-state index contributed by atoms with van der Waals surface area (Å²) in [4.78, 5) is 22.0. The van der Waals surface area contributed by atoms with Gasteiger partial charge in [0, 0.05) is 0 Å². The molecule has 0 radical (unpaired) electrons. The Morgan fingerprint density at radius 2 is 1.43 bits per heavy atom. The third-order valence-electron chi connectivity index (χ3n) is 3.50. The Bertz CT molecular complexity index is 717. The first kappa shape index (κ1) is 14.8. The summed E-state index contributed by atoms with van der Waals surface area (Å²) in [5, 5.41) is 18.1. The molecule has 4 nitrogen and oxygen atoms in total. The van der Waals surface area contributed by atoms with Gasteiger partial charge in [0.05, 0.1) is 11.1 Å². The van der Waals surface area contributed by atoms with Crippen molar-refractivity contribution >= 4 is 11.9 Å². The Morgan fingerprint density at radius 1 is 0.905 bits per heavy atom. The van der Waals surface area contributed by atoms with Gasteiger partial charge < -0.3 is 10.2 Å². The van der Waals surface area contributed by atoms with Crippen LogP contribution < -0.4 is 0 Å². The van der Waals surface area contributed by atoms with Crippen LogP contribution in [-0.2, 0) is 6.42 Å². The van der Waals surface area contributed by atoms with E-state index in [0.29, 0.717) is 6.42 Å². The highest BCUT2D eigenvalue weighted by atomic mass is 16.4. The van der Waals surface area contributed by atoms with Gasteiger partial charge in [-0.15, -0.1) is 0 Å². The zero-order valence-electron chi connectivity index (χ0n) is 11.9. The zero-order chi connectivity index (χ0) is 15.6. The molecule has 0 fully saturated rings. The van der Waals surface area contributed by atoms with Gasteiger partial charge in [-0.2, -0.15) is 0 Å². The minimum atomic E-state index is -0.957. The second kappa shape index (κ2) is 5.79. The van der Waals surface area contributed by atoms with Crippen LogP contribution in [0.5, 0.6) is 0 Å². The summed E-state index contributed by atoms with van der Waals surface area (Å²) in [6, 6.07) is 9.99. The molecule has 0 heterocycles. The average Bonchev–Trinajstić information content (AvgIpc) is 2.46. The van der Waals surface area contributed by atoms with E-state index < -0.39 is 11.9 Å². The number of rotatable bonds is 4. The van der Waals surface area contributed by atoms with E-state index in [9.17, 15) is 9.59 Å². The lowest BCUT2D eigenvalue weighted by atomic mass is 9.92. The van der Waals surface area contributed by atoms with Gasteiger partial charge in [0.15, 0.2) is 0 Å². The van der Waals surface area contributed by atoms with Gasteiger partial charge in [0.25, 0.3) is 0 Å². The first-order valence-electron chi connectivity index (χ1n) is 6.64. The van der Waals surface area contributed by atoms with Crippen molar-refractivity contribution < 1.29 is 19.8 Å². The topological polar surface area (TPSA) is 74.6 Å². The molecule has 0 saturated carbocycles. The number of aryl methyl sites for hydroxylation is 2. The SMILES string of the molecule is CCc1cc(C(=O)O)ccc1-c1ccc(C(=O)O)cc1C. The van der Waals surface area contributed by atoms with Crippen molar-refractivity contribution in [1.29, 1.82) is 0 Å². The van der Waals surface area contributed by atoms with E-state index in [2.05, 4.69) is 0 Å². The van der Waals surface area contributed by atoms with Crippen LogP contribution in [0.15, 0.2) is 36.4 Å². The zero-order valence-corrected chi connectivity index (χ0v) is 11.9. The van der Waals surface area contributed by atoms with E-state index >= 15 is 0 Å². The lowest BCUT2D eigenvalue weighted by molar-refractivity contribution is 0.0686. The third-order valence-corrected chi connectivity index (χ3v) is 3.50. The molecule has 2 aromatic carbocycles. The maximum absolute atomic E-state index is 11.0. The Kier molecular flexibility index (Phi) is 4.08. The fraction of sp³-hybridized carbons (Fsp3) is 0.176. The summed E-state index contributed by atoms with van der Waals surface area (Å²) >= 11 is 0. The second-order valence-corrected chi connectivity index (χ2v) is 4.87. The number of benzene rings is 2. The highest BCUT2D eigenvalue weighted by Gasteiger charge is 2.12. The monoisotopic (exact) mass is 284 g/mol. The maximum atomic E-state index is 11.0. The van der Waals surface area contributed by atoms with E-state index in [-0.39, 0.29) is 11.1 Å². The van der Waals surface area contributed by atoms with Crippen molar-refractivity contribution in [2.45, 2.75) is 20.3 Å². The number of carbonyl (C=O) groups is 2. The second-order valence-electron chi connectivity index (χ2n) is 4.87. The van der Waals surface area contributed by atoms with Gasteiger partial charge >= 0.3 is 11.9 Å². The van der Waals surface area contributed by atoms with Crippen LogP contribution in [0.25, 0.3) is 11.1 Å². The number of aromatic carboxylic acids is 2. The summed E-state index contributed by atoms with van der Waals surface area (Å²) in [6.45, 7) is 3.82. The molecule has 0 aliphatic carbocycles. The van der Waals surface area contributed by atoms with Crippen LogP contribution in [0, 0.1) is 6.92 Å². The Labute approximate surface area is 122 Å². The molecule has 0 saturated heterocycles. The Balaban J connectivity index is 2.56. The minimum absolute atomic E-state index is 0.247. The van der Waals surface area contributed by atoms with E-state index in [1.807, 2.05) is 13.8 Å². The van der Waals surface area contributed by atoms with E-state index in [0.717, 1.165) is 22.3 Å². The molecule has 0 aromatic heterocycles. The first-order valence-corrected chi connectivity index (χ1v) is 6.64. The van der Waals surface area contributed by atoms with Crippen molar-refractivity contribution in [1.82, 2.24) is 0 Å². The van der Waals surface area contributed by atoms with Crippen molar-refractivity contribution in [3.05, 3.63) is 58.7 Å². The Morgan fingerprint density at radius 3 is 1.90 bits per heavy atom. The van der Waals surface area contributed by atoms with Crippen LogP contribution in [0.4, 0.5) is 0 Å². The first-order chi connectivity index (χ1) is 9.93. The number of carboxylic acid groups (broad SMARTS) is 2. The lowest BCUT2D eigenvalue weighted by Gasteiger charge is -2.12. The van der Waals surface area contributed by atoms with E-state index in [1.165, 1.54) is 0 Å². The summed E-state index contributed by atoms with van der Waals surface area (Å²) in [7, 11) is 0. The summed E-state index contributed by atoms with van der Waals surface area (Å²) in [5.41, 5.74) is 4.16. The molecule has 0 spiro atoms. The van der Waals surface area contributed by atoms with Crippen molar-refractivity contribution in [2.75, 3.05) is 0 Å². The van der Waals surface area contributed by atoms with Crippen LogP contribution in [0.1, 0.15) is 38.8 Å². The summed E-state index contributed by atoms with van der Waals surface area (Å²) in [5.74, 6) is -1.91. The van der Waals surface area contributed by atoms with Gasteiger partial charge in [0.2, 0.25) is 0 Å². The van der Waals surface area contributed by atoms with Gasteiger partial charge in [-0.05, 0) is 59.9 Å². The fourth-order valence-electron chi connectivity index (χ4n) is 2.38. The molecule has 0 aliphatic rings. The van der Waals surface area contributed by atoms with Gasteiger partial charge in [-0.3, -0.25) is 0 Å². The molecule has 0 aliphatic heterocycles. The molecule has 0 bridgehead atoms. The quantitative estimate of drug-likeness (QED) is 0.899. The Hall–Kier alpha value is -2.62. The third kappa shape index (κ3) is 2.94. The molecule has 21 heavy (non-hydrogen) atoms. The highest BCUT2D eigenvalue weighted by Crippen LogP contribution is 2.29. The highest BCUT2D eigenvalue weighted by molar-refractivity contribution is 5.90. The lowest BCUT2D eigenvalue weighted by Crippen LogP contribution is -2.00. The number of hydrogen-bond donors (Lipinski definition) is 2. The molecule has 108 valence electrons. The standard InChI is InChI=1S/C17H16O4/c1-3-11-9-13(17(20)21)5-7-15(11)14-6-4-12(16(18)19)8-10(14)2/h4-9H,3H2,1-2H3,(H,18,19)(H,20,21). The van der Waals surface area contributed by atoms with Gasteiger partial charge in [0.1, 0.15) is 0 Å². The van der Waals surface area contributed by atoms with E-state index in [1.54, 1.807) is 36.4 Å². The van der Waals surface area contributed by atoms with Crippen molar-refractivity contribution in [3.8, 4) is 11.1 Å². The molecule has 0 amide bonds. The molecule has 2 aromatic rings. The predicted octanol–water partition coefficient (Wildman–Crippen LogP) is 3.62. The normalized spacial score (nSPS) is 10.4. The molecule has 2 N–H and O–H groups in total. The smallest absolute Gasteiger partial charge is 0.335 e. The van der Waals surface area contributed by atoms with Crippen LogP contribution in [-0.4, -0.2) is 22.2 Å². The molecular weight excluding hydrogens is 268 g/mol. The minimum Gasteiger partial charge on any atom is -0.478 e. The van der Waals surface area contributed by atoms with Crippen LogP contribution in [0.3, 0.4) is 0 Å². The van der Waals surface area contributed by atoms with Crippen LogP contribution >= 0.6 is 0 Å². The van der Waals surface area contributed by atoms with Gasteiger partial charge in [-0.25, -0.2) is 9.59 Å². The fourth-order valence-corrected chi connectivity index (χ4v) is 2.38. The molecule has 0 unspecified atom stereocenters. The van der Waals surface area contributed by atoms with E-state index in [4.69, 9.17) is 10.2 Å². The molecule has 4 heteroatoms. The maximum Gasteiger partial charge on any atom is 0.335 e. The molecule has 0 atom stereocenters. The summed E-state index contributed by atoms with van der Waals surface area (Å²) < 4.78 is 0. The summed E-state index contributed by atoms with van der Waals surface area (Å²) in [6.07, 6.45) is 0.705. The van der Waals surface area contributed by atoms with Gasteiger partial charge in [-0.1, -0.05) is 19.1 Å². The predicted molar refractivity (Wildman–Crippen MR) is 79.9 cm³/mol. The largest absolute Gasteiger partial charge is 0.478 e. The van der Waals surface area contributed by atoms with Crippen molar-refractivity contribution in [2.24, 2.45) is 0 Å². The van der Waals surface area contributed by atoms with Crippen molar-refractivity contribution in [3.63, 3.8) is 0 Å². The molecular formula is C17H16O4.